The van der Waals surface area contributed by atoms with Crippen LogP contribution in [-0.4, -0.2) is 42.1 Å². The van der Waals surface area contributed by atoms with Crippen molar-refractivity contribution in [2.45, 2.75) is 32.5 Å². The van der Waals surface area contributed by atoms with Crippen LogP contribution in [-0.2, 0) is 18.0 Å². The minimum atomic E-state index is -4.79. The van der Waals surface area contributed by atoms with Crippen molar-refractivity contribution in [3.8, 4) is 11.5 Å². The topological polar surface area (TPSA) is 124 Å². The van der Waals surface area contributed by atoms with Gasteiger partial charge in [-0.2, -0.15) is 13.2 Å². The fourth-order valence-electron chi connectivity index (χ4n) is 2.54. The van der Waals surface area contributed by atoms with Gasteiger partial charge in [0.1, 0.15) is 28.5 Å². The van der Waals surface area contributed by atoms with E-state index >= 15 is 0 Å². The highest BCUT2D eigenvalue weighted by molar-refractivity contribution is 6.03. The van der Waals surface area contributed by atoms with Crippen LogP contribution in [0.2, 0.25) is 0 Å². The first-order valence-electron chi connectivity index (χ1n) is 9.52. The first kappa shape index (κ1) is 23.6. The maximum absolute atomic E-state index is 13.3. The lowest BCUT2D eigenvalue weighted by Crippen LogP contribution is -2.27. The maximum Gasteiger partial charge on any atom is 0.433 e. The van der Waals surface area contributed by atoms with Gasteiger partial charge in [-0.1, -0.05) is 0 Å². The molecule has 3 aromatic rings. The lowest BCUT2D eigenvalue weighted by atomic mass is 10.2. The van der Waals surface area contributed by atoms with E-state index in [-0.39, 0.29) is 23.0 Å². The van der Waals surface area contributed by atoms with E-state index in [1.807, 2.05) is 0 Å². The molecule has 3 heterocycles. The Morgan fingerprint density at radius 3 is 2.33 bits per heavy atom. The van der Waals surface area contributed by atoms with Gasteiger partial charge >= 0.3 is 12.3 Å². The third-order valence-electron chi connectivity index (χ3n) is 3.95. The highest BCUT2D eigenvalue weighted by Gasteiger charge is 2.34. The molecule has 0 saturated heterocycles. The number of aromatic nitrogens is 5. The number of amides is 2. The molecule has 3 rings (SSSR count). The van der Waals surface area contributed by atoms with E-state index in [9.17, 15) is 22.8 Å². The summed E-state index contributed by atoms with van der Waals surface area (Å²) in [6.07, 6.45) is -1.62. The van der Waals surface area contributed by atoms with E-state index in [0.29, 0.717) is 6.07 Å². The molecule has 0 atom stereocenters. The number of nitrogens with zero attached hydrogens (tertiary/aromatic N) is 5. The Labute approximate surface area is 186 Å². The van der Waals surface area contributed by atoms with Crippen LogP contribution in [0.15, 0.2) is 36.9 Å². The average Bonchev–Trinajstić information content (AvgIpc) is 3.13. The number of hydrogen-bond donors (Lipinski definition) is 2. The number of rotatable bonds is 4. The highest BCUT2D eigenvalue weighted by Crippen LogP contribution is 2.29. The quantitative estimate of drug-likeness (QED) is 0.602. The molecule has 0 aromatic carbocycles. The number of nitrogens with one attached hydrogen (secondary N) is 2. The zero-order valence-electron chi connectivity index (χ0n) is 18.1. The van der Waals surface area contributed by atoms with Gasteiger partial charge < -0.3 is 14.6 Å². The number of imidazole rings is 1. The Balaban J connectivity index is 1.80. The van der Waals surface area contributed by atoms with Gasteiger partial charge in [0.2, 0.25) is 0 Å². The summed E-state index contributed by atoms with van der Waals surface area (Å²) >= 11 is 0. The highest BCUT2D eigenvalue weighted by atomic mass is 19.4. The molecule has 0 fully saturated rings. The average molecular weight is 463 g/mol. The van der Waals surface area contributed by atoms with Gasteiger partial charge in [-0.15, -0.1) is 0 Å². The molecule has 0 spiro atoms. The summed E-state index contributed by atoms with van der Waals surface area (Å²) in [7, 11) is 1.56. The van der Waals surface area contributed by atoms with Crippen molar-refractivity contribution in [1.82, 2.24) is 24.5 Å². The van der Waals surface area contributed by atoms with Gasteiger partial charge in [-0.05, 0) is 32.9 Å². The van der Waals surface area contributed by atoms with Crippen molar-refractivity contribution in [1.29, 1.82) is 0 Å². The van der Waals surface area contributed by atoms with Gasteiger partial charge in [-0.25, -0.2) is 24.7 Å². The molecule has 33 heavy (non-hydrogen) atoms. The zero-order chi connectivity index (χ0) is 24.4. The molecule has 0 saturated carbocycles. The van der Waals surface area contributed by atoms with Gasteiger partial charge in [0.25, 0.3) is 5.91 Å². The number of anilines is 2. The van der Waals surface area contributed by atoms with Crippen molar-refractivity contribution in [3.05, 3.63) is 48.3 Å². The zero-order valence-corrected chi connectivity index (χ0v) is 18.1. The van der Waals surface area contributed by atoms with Gasteiger partial charge in [0.05, 0.1) is 24.4 Å². The predicted molar refractivity (Wildman–Crippen MR) is 111 cm³/mol. The van der Waals surface area contributed by atoms with Crippen molar-refractivity contribution in [3.63, 3.8) is 0 Å². The summed E-state index contributed by atoms with van der Waals surface area (Å²) in [6.45, 7) is 5.11. The van der Waals surface area contributed by atoms with Crippen molar-refractivity contribution in [2.24, 2.45) is 7.05 Å². The molecule has 10 nitrogen and oxygen atoms in total. The largest absolute Gasteiger partial charge is 0.444 e. The van der Waals surface area contributed by atoms with Crippen molar-refractivity contribution >= 4 is 23.5 Å². The molecular weight excluding hydrogens is 443 g/mol. The standard InChI is InChI=1S/C20H20F3N7O3/c1-19(2,3)33-18(32)29-15-6-5-11(8-25-15)26-17(31)12-7-14(20(21,22)23)28-16(27-12)13-9-24-10-30(13)4/h5-10H,1-4H3,(H,26,31)(H,25,29,32). The number of aryl methyl sites for hydroxylation is 1. The number of ether oxygens (including phenoxy) is 1. The van der Waals surface area contributed by atoms with E-state index < -0.39 is 35.2 Å². The summed E-state index contributed by atoms with van der Waals surface area (Å²) in [4.78, 5) is 39.7. The second-order valence-corrected chi connectivity index (χ2v) is 7.86. The molecule has 0 aliphatic carbocycles. The van der Waals surface area contributed by atoms with Crippen LogP contribution in [0.5, 0.6) is 0 Å². The van der Waals surface area contributed by atoms with E-state index in [2.05, 4.69) is 30.6 Å². The lowest BCUT2D eigenvalue weighted by molar-refractivity contribution is -0.141. The normalized spacial score (nSPS) is 11.7. The van der Waals surface area contributed by atoms with E-state index in [1.165, 1.54) is 35.4 Å². The van der Waals surface area contributed by atoms with Crippen LogP contribution in [0.25, 0.3) is 11.5 Å². The summed E-state index contributed by atoms with van der Waals surface area (Å²) in [6, 6.07) is 3.36. The summed E-state index contributed by atoms with van der Waals surface area (Å²) < 4.78 is 46.5. The van der Waals surface area contributed by atoms with Gasteiger partial charge in [-0.3, -0.25) is 10.1 Å². The van der Waals surface area contributed by atoms with Crippen LogP contribution in [0, 0.1) is 0 Å². The van der Waals surface area contributed by atoms with Crippen molar-refractivity contribution < 1.29 is 27.5 Å². The Morgan fingerprint density at radius 1 is 1.06 bits per heavy atom. The molecule has 0 radical (unpaired) electrons. The minimum absolute atomic E-state index is 0.155. The Morgan fingerprint density at radius 2 is 1.79 bits per heavy atom. The molecule has 0 bridgehead atoms. The maximum atomic E-state index is 13.3. The SMILES string of the molecule is Cn1cncc1-c1nc(C(=O)Nc2ccc(NC(=O)OC(C)(C)C)nc2)cc(C(F)(F)F)n1. The van der Waals surface area contributed by atoms with Gasteiger partial charge in [0, 0.05) is 13.1 Å². The second-order valence-electron chi connectivity index (χ2n) is 7.86. The third kappa shape index (κ3) is 6.24. The Hall–Kier alpha value is -4.03. The second kappa shape index (κ2) is 8.84. The Kier molecular flexibility index (Phi) is 6.33. The van der Waals surface area contributed by atoms with Crippen LogP contribution >= 0.6 is 0 Å². The Bertz CT molecular complexity index is 1170. The predicted octanol–water partition coefficient (Wildman–Crippen LogP) is 3.89. The number of hydrogen-bond acceptors (Lipinski definition) is 7. The third-order valence-corrected chi connectivity index (χ3v) is 3.95. The number of pyridine rings is 1. The van der Waals surface area contributed by atoms with E-state index in [0.717, 1.165) is 0 Å². The molecule has 2 amide bonds. The van der Waals surface area contributed by atoms with Gasteiger partial charge in [0.15, 0.2) is 5.82 Å². The molecule has 0 aliphatic heterocycles. The summed E-state index contributed by atoms with van der Waals surface area (Å²) in [5.74, 6) is -1.05. The molecular formula is C20H20F3N7O3. The molecule has 3 aromatic heterocycles. The molecule has 0 unspecified atom stereocenters. The fourth-order valence-corrected chi connectivity index (χ4v) is 2.54. The number of halogens is 3. The fraction of sp³-hybridized carbons (Fsp3) is 0.300. The van der Waals surface area contributed by atoms with Crippen LogP contribution in [0.1, 0.15) is 37.0 Å². The first-order chi connectivity index (χ1) is 15.3. The molecule has 2 N–H and O–H groups in total. The lowest BCUT2D eigenvalue weighted by Gasteiger charge is -2.19. The molecule has 13 heteroatoms. The minimum Gasteiger partial charge on any atom is -0.444 e. The molecule has 174 valence electrons. The van der Waals surface area contributed by atoms with E-state index in [1.54, 1.807) is 27.8 Å². The molecule has 0 aliphatic rings. The van der Waals surface area contributed by atoms with Crippen LogP contribution < -0.4 is 10.6 Å². The number of alkyl halides is 3. The summed E-state index contributed by atoms with van der Waals surface area (Å²) in [5.41, 5.74) is -2.09. The number of carbonyl (C=O) groups is 2. The number of carbonyl (C=O) groups excluding carboxylic acids is 2. The van der Waals surface area contributed by atoms with Crippen molar-refractivity contribution in [2.75, 3.05) is 10.6 Å². The monoisotopic (exact) mass is 463 g/mol. The van der Waals surface area contributed by atoms with Crippen LogP contribution in [0.4, 0.5) is 29.5 Å². The summed E-state index contributed by atoms with van der Waals surface area (Å²) in [5, 5.41) is 4.84. The smallest absolute Gasteiger partial charge is 0.433 e. The van der Waals surface area contributed by atoms with E-state index in [4.69, 9.17) is 4.74 Å². The van der Waals surface area contributed by atoms with Crippen LogP contribution in [0.3, 0.4) is 0 Å². The first-order valence-corrected chi connectivity index (χ1v) is 9.52.